The van der Waals surface area contributed by atoms with Crippen LogP contribution in [0.2, 0.25) is 0 Å². The van der Waals surface area contributed by atoms with Gasteiger partial charge in [0.15, 0.2) is 0 Å². The minimum atomic E-state index is -0.0962. The fraction of sp³-hybridized carbons (Fsp3) is 0.435. The van der Waals surface area contributed by atoms with Crippen LogP contribution in [-0.2, 0) is 4.79 Å². The number of benzene rings is 1. The standard InChI is InChI=1S/C23H29N5O2/c29-22-8-4-13-27(22)14-5-10-26-23(30)19-9-11-25-21(16-19)28-15-12-24-20(17-28)18-6-2-1-3-7-18/h1-3,6-7,9,11,16,20,24H,4-5,8,10,12-15,17H2,(H,26,30)/t20-/m0/s1. The summed E-state index contributed by atoms with van der Waals surface area (Å²) in [5.41, 5.74) is 1.87. The summed E-state index contributed by atoms with van der Waals surface area (Å²) < 4.78 is 0. The van der Waals surface area contributed by atoms with Gasteiger partial charge in [0.05, 0.1) is 0 Å². The molecular weight excluding hydrogens is 378 g/mol. The van der Waals surface area contributed by atoms with Crippen LogP contribution in [0.5, 0.6) is 0 Å². The number of piperazine rings is 1. The number of nitrogens with zero attached hydrogens (tertiary/aromatic N) is 3. The molecular formula is C23H29N5O2. The lowest BCUT2D eigenvalue weighted by atomic mass is 10.0. The predicted octanol–water partition coefficient (Wildman–Crippen LogP) is 1.97. The smallest absolute Gasteiger partial charge is 0.251 e. The highest BCUT2D eigenvalue weighted by molar-refractivity contribution is 5.94. The number of carbonyl (C=O) groups is 2. The number of carbonyl (C=O) groups excluding carboxylic acids is 2. The van der Waals surface area contributed by atoms with Gasteiger partial charge < -0.3 is 20.4 Å². The maximum atomic E-state index is 12.6. The van der Waals surface area contributed by atoms with E-state index >= 15 is 0 Å². The van der Waals surface area contributed by atoms with Crippen molar-refractivity contribution >= 4 is 17.6 Å². The summed E-state index contributed by atoms with van der Waals surface area (Å²) in [6, 6.07) is 14.3. The van der Waals surface area contributed by atoms with E-state index in [-0.39, 0.29) is 17.9 Å². The molecule has 1 aromatic heterocycles. The molecule has 0 saturated carbocycles. The van der Waals surface area contributed by atoms with Crippen LogP contribution in [0.1, 0.15) is 41.2 Å². The van der Waals surface area contributed by atoms with Gasteiger partial charge in [-0.1, -0.05) is 30.3 Å². The van der Waals surface area contributed by atoms with Crippen LogP contribution >= 0.6 is 0 Å². The lowest BCUT2D eigenvalue weighted by Gasteiger charge is -2.34. The van der Waals surface area contributed by atoms with Crippen LogP contribution in [0.4, 0.5) is 5.82 Å². The number of amides is 2. The fourth-order valence-electron chi connectivity index (χ4n) is 4.11. The molecule has 0 spiro atoms. The highest BCUT2D eigenvalue weighted by Gasteiger charge is 2.22. The molecule has 0 radical (unpaired) electrons. The zero-order valence-corrected chi connectivity index (χ0v) is 17.2. The molecule has 2 aromatic rings. The predicted molar refractivity (Wildman–Crippen MR) is 116 cm³/mol. The number of hydrogen-bond donors (Lipinski definition) is 2. The number of nitrogens with one attached hydrogen (secondary N) is 2. The molecule has 4 rings (SSSR count). The van der Waals surface area contributed by atoms with Crippen LogP contribution in [0.25, 0.3) is 0 Å². The van der Waals surface area contributed by atoms with Crippen molar-refractivity contribution in [3.05, 3.63) is 59.8 Å². The van der Waals surface area contributed by atoms with E-state index in [2.05, 4.69) is 44.8 Å². The second-order valence-electron chi connectivity index (χ2n) is 7.86. The Kier molecular flexibility index (Phi) is 6.59. The van der Waals surface area contributed by atoms with Crippen molar-refractivity contribution in [3.8, 4) is 0 Å². The molecule has 3 heterocycles. The topological polar surface area (TPSA) is 77.6 Å². The minimum Gasteiger partial charge on any atom is -0.353 e. The third-order valence-corrected chi connectivity index (χ3v) is 5.77. The zero-order chi connectivity index (χ0) is 20.8. The largest absolute Gasteiger partial charge is 0.353 e. The van der Waals surface area contributed by atoms with Gasteiger partial charge in [-0.3, -0.25) is 9.59 Å². The van der Waals surface area contributed by atoms with Gasteiger partial charge >= 0.3 is 0 Å². The number of anilines is 1. The molecule has 7 nitrogen and oxygen atoms in total. The van der Waals surface area contributed by atoms with Gasteiger partial charge in [-0.2, -0.15) is 0 Å². The average molecular weight is 408 g/mol. The molecule has 2 N–H and O–H groups in total. The van der Waals surface area contributed by atoms with Gasteiger partial charge in [0, 0.05) is 63.5 Å². The van der Waals surface area contributed by atoms with Crippen LogP contribution < -0.4 is 15.5 Å². The molecule has 1 aromatic carbocycles. The van der Waals surface area contributed by atoms with Crippen molar-refractivity contribution in [3.63, 3.8) is 0 Å². The van der Waals surface area contributed by atoms with Gasteiger partial charge in [0.2, 0.25) is 5.91 Å². The normalized spacial score (nSPS) is 19.2. The van der Waals surface area contributed by atoms with Crippen molar-refractivity contribution in [1.29, 1.82) is 0 Å². The minimum absolute atomic E-state index is 0.0962. The summed E-state index contributed by atoms with van der Waals surface area (Å²) in [7, 11) is 0. The van der Waals surface area contributed by atoms with E-state index in [1.807, 2.05) is 17.0 Å². The summed E-state index contributed by atoms with van der Waals surface area (Å²) in [5, 5.41) is 6.52. The molecule has 158 valence electrons. The molecule has 0 unspecified atom stereocenters. The first-order chi connectivity index (χ1) is 14.7. The Balaban J connectivity index is 1.31. The van der Waals surface area contributed by atoms with Gasteiger partial charge in [0.25, 0.3) is 5.91 Å². The molecule has 2 fully saturated rings. The Morgan fingerprint density at radius 1 is 1.20 bits per heavy atom. The third-order valence-electron chi connectivity index (χ3n) is 5.77. The monoisotopic (exact) mass is 407 g/mol. The molecule has 0 bridgehead atoms. The first-order valence-electron chi connectivity index (χ1n) is 10.8. The van der Waals surface area contributed by atoms with E-state index in [4.69, 9.17) is 0 Å². The number of rotatable bonds is 7. The molecule has 2 aliphatic heterocycles. The van der Waals surface area contributed by atoms with Crippen LogP contribution in [-0.4, -0.2) is 61.0 Å². The SMILES string of the molecule is O=C(NCCCN1CCCC1=O)c1ccnc(N2CCN[C@H](c3ccccc3)C2)c1. The quantitative estimate of drug-likeness (QED) is 0.687. The molecule has 2 amide bonds. The maximum absolute atomic E-state index is 12.6. The molecule has 0 aliphatic carbocycles. The summed E-state index contributed by atoms with van der Waals surface area (Å²) >= 11 is 0. The number of aromatic nitrogens is 1. The molecule has 2 aliphatic rings. The average Bonchev–Trinajstić information content (AvgIpc) is 3.22. The van der Waals surface area contributed by atoms with Gasteiger partial charge in [-0.05, 0) is 30.5 Å². The van der Waals surface area contributed by atoms with E-state index in [1.54, 1.807) is 12.3 Å². The Labute approximate surface area is 177 Å². The van der Waals surface area contributed by atoms with Crippen molar-refractivity contribution in [1.82, 2.24) is 20.5 Å². The Morgan fingerprint density at radius 3 is 2.87 bits per heavy atom. The molecule has 2 saturated heterocycles. The molecule has 1 atom stereocenters. The van der Waals surface area contributed by atoms with Crippen LogP contribution in [0.3, 0.4) is 0 Å². The number of pyridine rings is 1. The van der Waals surface area contributed by atoms with E-state index < -0.39 is 0 Å². The van der Waals surface area contributed by atoms with Gasteiger partial charge in [-0.25, -0.2) is 4.98 Å². The highest BCUT2D eigenvalue weighted by Crippen LogP contribution is 2.21. The highest BCUT2D eigenvalue weighted by atomic mass is 16.2. The number of likely N-dealkylation sites (tertiary alicyclic amines) is 1. The molecule has 7 heteroatoms. The molecule has 30 heavy (non-hydrogen) atoms. The first kappa shape index (κ1) is 20.3. The van der Waals surface area contributed by atoms with Crippen molar-refractivity contribution in [2.45, 2.75) is 25.3 Å². The van der Waals surface area contributed by atoms with E-state index in [1.165, 1.54) is 5.56 Å². The summed E-state index contributed by atoms with van der Waals surface area (Å²) in [6.45, 7) is 4.64. The Morgan fingerprint density at radius 2 is 2.07 bits per heavy atom. The lowest BCUT2D eigenvalue weighted by molar-refractivity contribution is -0.127. The second-order valence-corrected chi connectivity index (χ2v) is 7.86. The summed E-state index contributed by atoms with van der Waals surface area (Å²) in [4.78, 5) is 32.8. The first-order valence-corrected chi connectivity index (χ1v) is 10.8. The van der Waals surface area contributed by atoms with Crippen molar-refractivity contribution < 1.29 is 9.59 Å². The Bertz CT molecular complexity index is 873. The summed E-state index contributed by atoms with van der Waals surface area (Å²) in [6.07, 6.45) is 4.07. The Hall–Kier alpha value is -2.93. The maximum Gasteiger partial charge on any atom is 0.251 e. The van der Waals surface area contributed by atoms with Gasteiger partial charge in [-0.15, -0.1) is 0 Å². The van der Waals surface area contributed by atoms with Crippen molar-refractivity contribution in [2.75, 3.05) is 44.2 Å². The van der Waals surface area contributed by atoms with E-state index in [0.717, 1.165) is 44.8 Å². The van der Waals surface area contributed by atoms with Crippen LogP contribution in [0.15, 0.2) is 48.7 Å². The van der Waals surface area contributed by atoms with Crippen molar-refractivity contribution in [2.24, 2.45) is 0 Å². The second kappa shape index (κ2) is 9.71. The van der Waals surface area contributed by atoms with Gasteiger partial charge in [0.1, 0.15) is 5.82 Å². The summed E-state index contributed by atoms with van der Waals surface area (Å²) in [5.74, 6) is 0.957. The number of hydrogen-bond acceptors (Lipinski definition) is 5. The van der Waals surface area contributed by atoms with E-state index in [9.17, 15) is 9.59 Å². The fourth-order valence-corrected chi connectivity index (χ4v) is 4.11. The lowest BCUT2D eigenvalue weighted by Crippen LogP contribution is -2.46. The third kappa shape index (κ3) is 4.97. The van der Waals surface area contributed by atoms with E-state index in [0.29, 0.717) is 25.1 Å². The zero-order valence-electron chi connectivity index (χ0n) is 17.2. The van der Waals surface area contributed by atoms with Crippen LogP contribution in [0, 0.1) is 0 Å².